The average Bonchev–Trinajstić information content (AvgIpc) is 2.87. The molecule has 0 saturated heterocycles. The molecule has 36 heavy (non-hydrogen) atoms. The number of nitrogens with one attached hydrogen (secondary N) is 2. The monoisotopic (exact) mass is 504 g/mol. The van der Waals surface area contributed by atoms with E-state index in [1.807, 2.05) is 6.07 Å². The predicted molar refractivity (Wildman–Crippen MR) is 141 cm³/mol. The van der Waals surface area contributed by atoms with Crippen molar-refractivity contribution in [2.24, 2.45) is 0 Å². The van der Waals surface area contributed by atoms with Gasteiger partial charge >= 0.3 is 0 Å². The molecule has 0 saturated carbocycles. The van der Waals surface area contributed by atoms with Gasteiger partial charge in [-0.3, -0.25) is 19.0 Å². The quantitative estimate of drug-likeness (QED) is 0.275. The van der Waals surface area contributed by atoms with E-state index in [2.05, 4.69) is 15.6 Å². The van der Waals surface area contributed by atoms with E-state index in [0.29, 0.717) is 44.6 Å². The summed E-state index contributed by atoms with van der Waals surface area (Å²) in [6.07, 6.45) is 0. The Kier molecular flexibility index (Phi) is 7.55. The number of rotatable bonds is 8. The lowest BCUT2D eigenvalue weighted by Crippen LogP contribution is -2.23. The summed E-state index contributed by atoms with van der Waals surface area (Å²) in [4.78, 5) is 42.3. The van der Waals surface area contributed by atoms with E-state index in [4.69, 9.17) is 9.47 Å². The highest BCUT2D eigenvalue weighted by Gasteiger charge is 2.16. The van der Waals surface area contributed by atoms with E-state index in [9.17, 15) is 14.4 Å². The molecule has 0 unspecified atom stereocenters. The van der Waals surface area contributed by atoms with Gasteiger partial charge in [-0.2, -0.15) is 0 Å². The summed E-state index contributed by atoms with van der Waals surface area (Å²) in [5, 5.41) is 6.33. The average molecular weight is 505 g/mol. The zero-order valence-electron chi connectivity index (χ0n) is 19.9. The molecule has 4 rings (SSSR count). The van der Waals surface area contributed by atoms with Crippen LogP contribution in [0.5, 0.6) is 11.5 Å². The van der Waals surface area contributed by atoms with Gasteiger partial charge in [-0.15, -0.1) is 0 Å². The molecular weight excluding hydrogens is 480 g/mol. The largest absolute Gasteiger partial charge is 0.497 e. The SMILES string of the molecule is COc1ccc(-n2c(SCC(=O)Nc3cc(NC(C)=O)ccc3OC)nc3ccccc3c2=O)cc1. The van der Waals surface area contributed by atoms with Gasteiger partial charge in [0.2, 0.25) is 11.8 Å². The number of ether oxygens (including phenoxy) is 2. The maximum absolute atomic E-state index is 13.4. The van der Waals surface area contributed by atoms with Crippen LogP contribution in [0.15, 0.2) is 76.7 Å². The van der Waals surface area contributed by atoms with Crippen LogP contribution in [0.3, 0.4) is 0 Å². The van der Waals surface area contributed by atoms with Crippen molar-refractivity contribution in [3.63, 3.8) is 0 Å². The lowest BCUT2D eigenvalue weighted by atomic mass is 10.2. The molecule has 0 radical (unpaired) electrons. The molecule has 2 N–H and O–H groups in total. The first-order valence-corrected chi connectivity index (χ1v) is 11.9. The van der Waals surface area contributed by atoms with Crippen molar-refractivity contribution in [1.82, 2.24) is 9.55 Å². The van der Waals surface area contributed by atoms with E-state index in [1.165, 1.54) is 18.6 Å². The Morgan fingerprint density at radius 2 is 1.72 bits per heavy atom. The molecular formula is C26H24N4O5S. The van der Waals surface area contributed by atoms with E-state index >= 15 is 0 Å². The molecule has 1 heterocycles. The highest BCUT2D eigenvalue weighted by molar-refractivity contribution is 7.99. The fourth-order valence-corrected chi connectivity index (χ4v) is 4.38. The minimum Gasteiger partial charge on any atom is -0.497 e. The topological polar surface area (TPSA) is 112 Å². The highest BCUT2D eigenvalue weighted by atomic mass is 32.2. The van der Waals surface area contributed by atoms with Gasteiger partial charge in [0.05, 0.1) is 42.3 Å². The number of aromatic nitrogens is 2. The van der Waals surface area contributed by atoms with Crippen molar-refractivity contribution in [3.05, 3.63) is 77.1 Å². The minimum absolute atomic E-state index is 0.0194. The fraction of sp³-hybridized carbons (Fsp3) is 0.154. The van der Waals surface area contributed by atoms with Crippen LogP contribution in [-0.4, -0.2) is 41.3 Å². The normalized spacial score (nSPS) is 10.6. The molecule has 0 fully saturated rings. The Labute approximate surface area is 211 Å². The van der Waals surface area contributed by atoms with Crippen molar-refractivity contribution in [3.8, 4) is 17.2 Å². The van der Waals surface area contributed by atoms with Gasteiger partial charge in [-0.25, -0.2) is 4.98 Å². The van der Waals surface area contributed by atoms with Crippen molar-refractivity contribution in [1.29, 1.82) is 0 Å². The third kappa shape index (κ3) is 5.49. The first kappa shape index (κ1) is 24.8. The van der Waals surface area contributed by atoms with Gasteiger partial charge in [0.1, 0.15) is 11.5 Å². The molecule has 10 heteroatoms. The standard InChI is InChI=1S/C26H24N4O5S/c1-16(31)27-17-8-13-23(35-3)22(14-17)28-24(32)15-36-26-29-21-7-5-4-6-20(21)25(33)30(26)18-9-11-19(34-2)12-10-18/h4-14H,15H2,1-3H3,(H,27,31)(H,28,32). The molecule has 0 aliphatic carbocycles. The summed E-state index contributed by atoms with van der Waals surface area (Å²) in [5.41, 5.74) is 1.84. The Balaban J connectivity index is 1.62. The number of thioether (sulfide) groups is 1. The number of nitrogens with zero attached hydrogens (tertiary/aromatic N) is 2. The first-order valence-electron chi connectivity index (χ1n) is 10.9. The van der Waals surface area contributed by atoms with Crippen LogP contribution in [0.4, 0.5) is 11.4 Å². The molecule has 4 aromatic rings. The summed E-state index contributed by atoms with van der Waals surface area (Å²) in [7, 11) is 3.06. The van der Waals surface area contributed by atoms with Crippen molar-refractivity contribution < 1.29 is 19.1 Å². The Bertz CT molecular complexity index is 1480. The first-order chi connectivity index (χ1) is 17.4. The maximum atomic E-state index is 13.4. The van der Waals surface area contributed by atoms with Crippen LogP contribution in [-0.2, 0) is 9.59 Å². The summed E-state index contributed by atoms with van der Waals surface area (Å²) in [5.74, 6) is 0.522. The van der Waals surface area contributed by atoms with E-state index in [-0.39, 0.29) is 23.1 Å². The number of hydrogen-bond donors (Lipinski definition) is 2. The van der Waals surface area contributed by atoms with Gasteiger partial charge in [0.15, 0.2) is 5.16 Å². The number of carbonyl (C=O) groups is 2. The second kappa shape index (κ2) is 11.0. The van der Waals surface area contributed by atoms with Crippen LogP contribution < -0.4 is 25.7 Å². The smallest absolute Gasteiger partial charge is 0.266 e. The summed E-state index contributed by atoms with van der Waals surface area (Å²) in [6.45, 7) is 1.40. The van der Waals surface area contributed by atoms with Gasteiger partial charge in [-0.05, 0) is 54.6 Å². The molecule has 0 aliphatic rings. The maximum Gasteiger partial charge on any atom is 0.266 e. The number of fused-ring (bicyclic) bond motifs is 1. The summed E-state index contributed by atoms with van der Waals surface area (Å²) < 4.78 is 12.0. The van der Waals surface area contributed by atoms with Gasteiger partial charge < -0.3 is 20.1 Å². The fourth-order valence-electron chi connectivity index (χ4n) is 3.57. The predicted octanol–water partition coefficient (Wildman–Crippen LogP) is 4.09. The third-order valence-corrected chi connectivity index (χ3v) is 6.14. The van der Waals surface area contributed by atoms with E-state index in [0.717, 1.165) is 11.8 Å². The lowest BCUT2D eigenvalue weighted by molar-refractivity contribution is -0.114. The Morgan fingerprint density at radius 3 is 2.42 bits per heavy atom. The summed E-state index contributed by atoms with van der Waals surface area (Å²) >= 11 is 1.13. The molecule has 2 amide bonds. The second-order valence-corrected chi connectivity index (χ2v) is 8.63. The van der Waals surface area contributed by atoms with Gasteiger partial charge in [-0.1, -0.05) is 23.9 Å². The van der Waals surface area contributed by atoms with Crippen molar-refractivity contribution in [2.45, 2.75) is 12.1 Å². The van der Waals surface area contributed by atoms with Gasteiger partial charge in [0, 0.05) is 12.6 Å². The molecule has 0 aliphatic heterocycles. The van der Waals surface area contributed by atoms with Crippen molar-refractivity contribution in [2.75, 3.05) is 30.6 Å². The summed E-state index contributed by atoms with van der Waals surface area (Å²) in [6, 6.07) is 19.1. The Morgan fingerprint density at radius 1 is 0.972 bits per heavy atom. The zero-order valence-corrected chi connectivity index (χ0v) is 20.7. The molecule has 0 atom stereocenters. The third-order valence-electron chi connectivity index (χ3n) is 5.20. The van der Waals surface area contributed by atoms with Crippen molar-refractivity contribution >= 4 is 45.9 Å². The molecule has 3 aromatic carbocycles. The van der Waals surface area contributed by atoms with Crippen LogP contribution in [0, 0.1) is 0 Å². The van der Waals surface area contributed by atoms with Crippen LogP contribution >= 0.6 is 11.8 Å². The molecule has 1 aromatic heterocycles. The number of methoxy groups -OCH3 is 2. The number of carbonyl (C=O) groups excluding carboxylic acids is 2. The van der Waals surface area contributed by atoms with Crippen LogP contribution in [0.25, 0.3) is 16.6 Å². The van der Waals surface area contributed by atoms with Crippen LogP contribution in [0.2, 0.25) is 0 Å². The molecule has 0 bridgehead atoms. The number of amides is 2. The molecule has 9 nitrogen and oxygen atoms in total. The van der Waals surface area contributed by atoms with E-state index in [1.54, 1.807) is 67.8 Å². The number of anilines is 2. The van der Waals surface area contributed by atoms with Crippen LogP contribution in [0.1, 0.15) is 6.92 Å². The second-order valence-electron chi connectivity index (χ2n) is 7.68. The number of hydrogen-bond acceptors (Lipinski definition) is 7. The van der Waals surface area contributed by atoms with E-state index < -0.39 is 0 Å². The minimum atomic E-state index is -0.332. The lowest BCUT2D eigenvalue weighted by Gasteiger charge is -2.14. The highest BCUT2D eigenvalue weighted by Crippen LogP contribution is 2.29. The zero-order chi connectivity index (χ0) is 25.7. The van der Waals surface area contributed by atoms with Gasteiger partial charge in [0.25, 0.3) is 5.56 Å². The number of benzene rings is 3. The number of para-hydroxylation sites is 1. The Hall–Kier alpha value is -4.31. The molecule has 0 spiro atoms. The molecule has 184 valence electrons.